The van der Waals surface area contributed by atoms with Crippen LogP contribution in [0, 0.1) is 0 Å². The van der Waals surface area contributed by atoms with Crippen molar-refractivity contribution in [2.45, 2.75) is 0 Å². The van der Waals surface area contributed by atoms with Gasteiger partial charge in [0.15, 0.2) is 0 Å². The zero-order valence-electron chi connectivity index (χ0n) is 12.9. The van der Waals surface area contributed by atoms with E-state index in [9.17, 15) is 9.59 Å². The summed E-state index contributed by atoms with van der Waals surface area (Å²) in [6.45, 7) is 0. The number of rotatable bonds is 4. The van der Waals surface area contributed by atoms with Gasteiger partial charge in [-0.3, -0.25) is 9.59 Å². The molecular formula is C18H15N3O2S. The molecule has 0 aliphatic carbocycles. The molecule has 3 aromatic rings. The van der Waals surface area contributed by atoms with Crippen molar-refractivity contribution in [3.05, 3.63) is 71.2 Å². The van der Waals surface area contributed by atoms with E-state index in [1.807, 2.05) is 30.3 Å². The largest absolute Gasteiger partial charge is 0.355 e. The molecule has 24 heavy (non-hydrogen) atoms. The van der Waals surface area contributed by atoms with Crippen LogP contribution in [-0.2, 0) is 0 Å². The number of amides is 2. The van der Waals surface area contributed by atoms with Crippen LogP contribution in [0.3, 0.4) is 0 Å². The van der Waals surface area contributed by atoms with Crippen LogP contribution in [0.15, 0.2) is 60.0 Å². The quantitative estimate of drug-likeness (QED) is 0.766. The van der Waals surface area contributed by atoms with Gasteiger partial charge >= 0.3 is 0 Å². The third-order valence-corrected chi connectivity index (χ3v) is 4.28. The van der Waals surface area contributed by atoms with Gasteiger partial charge < -0.3 is 10.6 Å². The molecule has 6 heteroatoms. The maximum absolute atomic E-state index is 12.3. The van der Waals surface area contributed by atoms with Crippen molar-refractivity contribution in [2.75, 3.05) is 12.4 Å². The molecule has 5 nitrogen and oxygen atoms in total. The summed E-state index contributed by atoms with van der Waals surface area (Å²) >= 11 is 1.43. The number of aromatic nitrogens is 1. The molecule has 2 aromatic carbocycles. The minimum Gasteiger partial charge on any atom is -0.355 e. The average molecular weight is 337 g/mol. The van der Waals surface area contributed by atoms with Gasteiger partial charge in [-0.2, -0.15) is 0 Å². The molecule has 0 bridgehead atoms. The van der Waals surface area contributed by atoms with E-state index in [1.54, 1.807) is 36.7 Å². The number of thiazole rings is 1. The number of hydrogen-bond donors (Lipinski definition) is 2. The van der Waals surface area contributed by atoms with Crippen molar-refractivity contribution < 1.29 is 9.59 Å². The minimum atomic E-state index is -0.277. The van der Waals surface area contributed by atoms with Crippen LogP contribution in [-0.4, -0.2) is 23.8 Å². The first kappa shape index (κ1) is 15.9. The Hall–Kier alpha value is -2.99. The molecule has 0 aliphatic rings. The van der Waals surface area contributed by atoms with E-state index >= 15 is 0 Å². The van der Waals surface area contributed by atoms with Crippen LogP contribution >= 0.6 is 11.3 Å². The van der Waals surface area contributed by atoms with E-state index in [4.69, 9.17) is 0 Å². The first-order valence-corrected chi connectivity index (χ1v) is 8.20. The fourth-order valence-electron chi connectivity index (χ4n) is 2.14. The van der Waals surface area contributed by atoms with Crippen molar-refractivity contribution in [3.63, 3.8) is 0 Å². The summed E-state index contributed by atoms with van der Waals surface area (Å²) in [6.07, 6.45) is 0. The zero-order chi connectivity index (χ0) is 16.9. The van der Waals surface area contributed by atoms with Gasteiger partial charge in [0.2, 0.25) is 0 Å². The molecule has 0 saturated heterocycles. The number of carbonyl (C=O) groups is 2. The smallest absolute Gasteiger partial charge is 0.275 e. The zero-order valence-corrected chi connectivity index (χ0v) is 13.8. The molecular weight excluding hydrogens is 322 g/mol. The van der Waals surface area contributed by atoms with Gasteiger partial charge in [-0.1, -0.05) is 30.3 Å². The molecule has 0 unspecified atom stereocenters. The summed E-state index contributed by atoms with van der Waals surface area (Å²) < 4.78 is 0. The van der Waals surface area contributed by atoms with Gasteiger partial charge in [0.1, 0.15) is 10.7 Å². The molecule has 0 fully saturated rings. The molecule has 1 aromatic heterocycles. The summed E-state index contributed by atoms with van der Waals surface area (Å²) in [4.78, 5) is 28.2. The highest BCUT2D eigenvalue weighted by molar-refractivity contribution is 7.13. The van der Waals surface area contributed by atoms with Crippen LogP contribution in [0.4, 0.5) is 5.69 Å². The average Bonchev–Trinajstić information content (AvgIpc) is 3.13. The Morgan fingerprint density at radius 2 is 1.67 bits per heavy atom. The van der Waals surface area contributed by atoms with Gasteiger partial charge in [-0.25, -0.2) is 4.98 Å². The van der Waals surface area contributed by atoms with Crippen LogP contribution in [0.1, 0.15) is 20.8 Å². The van der Waals surface area contributed by atoms with Crippen molar-refractivity contribution in [1.82, 2.24) is 10.3 Å². The predicted octanol–water partition coefficient (Wildman–Crippen LogP) is 3.42. The lowest BCUT2D eigenvalue weighted by Gasteiger charge is -2.04. The highest BCUT2D eigenvalue weighted by Gasteiger charge is 2.12. The number of carbonyl (C=O) groups excluding carboxylic acids is 2. The standard InChI is InChI=1S/C18H15N3O2S/c1-19-16(22)12-7-9-14(10-8-12)20-17(23)15-11-24-18(21-15)13-5-3-2-4-6-13/h2-11H,1H3,(H,19,22)(H,20,23). The van der Waals surface area contributed by atoms with E-state index < -0.39 is 0 Å². The fourth-order valence-corrected chi connectivity index (χ4v) is 2.94. The normalized spacial score (nSPS) is 10.2. The summed E-state index contributed by atoms with van der Waals surface area (Å²) in [7, 11) is 1.57. The molecule has 120 valence electrons. The molecule has 0 saturated carbocycles. The number of hydrogen-bond acceptors (Lipinski definition) is 4. The second-order valence-corrected chi connectivity index (χ2v) is 5.87. The maximum Gasteiger partial charge on any atom is 0.275 e. The third kappa shape index (κ3) is 3.49. The molecule has 3 rings (SSSR count). The molecule has 2 N–H and O–H groups in total. The van der Waals surface area contributed by atoms with Crippen LogP contribution in [0.2, 0.25) is 0 Å². The lowest BCUT2D eigenvalue weighted by Crippen LogP contribution is -2.18. The number of anilines is 1. The first-order valence-electron chi connectivity index (χ1n) is 7.32. The van der Waals surface area contributed by atoms with Crippen LogP contribution in [0.25, 0.3) is 10.6 Å². The number of benzene rings is 2. The molecule has 0 atom stereocenters. The second kappa shape index (κ2) is 7.06. The Balaban J connectivity index is 1.71. The minimum absolute atomic E-state index is 0.167. The molecule has 0 aliphatic heterocycles. The summed E-state index contributed by atoms with van der Waals surface area (Å²) in [6, 6.07) is 16.4. The Labute approximate surface area is 143 Å². The van der Waals surface area contributed by atoms with Crippen LogP contribution < -0.4 is 10.6 Å². The summed E-state index contributed by atoms with van der Waals surface area (Å²) in [5.41, 5.74) is 2.50. The van der Waals surface area contributed by atoms with E-state index in [0.717, 1.165) is 10.6 Å². The highest BCUT2D eigenvalue weighted by atomic mass is 32.1. The summed E-state index contributed by atoms with van der Waals surface area (Å²) in [5.74, 6) is -0.444. The van der Waals surface area contributed by atoms with Crippen molar-refractivity contribution in [1.29, 1.82) is 0 Å². The molecule has 0 spiro atoms. The molecule has 2 amide bonds. The lowest BCUT2D eigenvalue weighted by atomic mass is 10.2. The number of nitrogens with one attached hydrogen (secondary N) is 2. The second-order valence-electron chi connectivity index (χ2n) is 5.01. The van der Waals surface area contributed by atoms with E-state index in [-0.39, 0.29) is 11.8 Å². The summed E-state index contributed by atoms with van der Waals surface area (Å²) in [5, 5.41) is 7.87. The van der Waals surface area contributed by atoms with E-state index in [1.165, 1.54) is 11.3 Å². The molecule has 1 heterocycles. The fraction of sp³-hybridized carbons (Fsp3) is 0.0556. The van der Waals surface area contributed by atoms with Gasteiger partial charge in [-0.05, 0) is 24.3 Å². The lowest BCUT2D eigenvalue weighted by molar-refractivity contribution is 0.0962. The van der Waals surface area contributed by atoms with E-state index in [2.05, 4.69) is 15.6 Å². The predicted molar refractivity (Wildman–Crippen MR) is 95.3 cm³/mol. The van der Waals surface area contributed by atoms with Crippen molar-refractivity contribution in [3.8, 4) is 10.6 Å². The topological polar surface area (TPSA) is 71.1 Å². The Morgan fingerprint density at radius 3 is 2.33 bits per heavy atom. The Bertz CT molecular complexity index is 857. The molecule has 0 radical (unpaired) electrons. The van der Waals surface area contributed by atoms with Gasteiger partial charge in [0.05, 0.1) is 0 Å². The monoisotopic (exact) mass is 337 g/mol. The van der Waals surface area contributed by atoms with E-state index in [0.29, 0.717) is 16.9 Å². The SMILES string of the molecule is CNC(=O)c1ccc(NC(=O)c2csc(-c3ccccc3)n2)cc1. The third-order valence-electron chi connectivity index (χ3n) is 3.39. The van der Waals surface area contributed by atoms with Gasteiger partial charge in [-0.15, -0.1) is 11.3 Å². The highest BCUT2D eigenvalue weighted by Crippen LogP contribution is 2.23. The van der Waals surface area contributed by atoms with Crippen molar-refractivity contribution in [2.24, 2.45) is 0 Å². The maximum atomic E-state index is 12.3. The van der Waals surface area contributed by atoms with Crippen molar-refractivity contribution >= 4 is 28.8 Å². The first-order chi connectivity index (χ1) is 11.7. The number of nitrogens with zero attached hydrogens (tertiary/aromatic N) is 1. The van der Waals surface area contributed by atoms with Gasteiger partial charge in [0, 0.05) is 29.2 Å². The Kier molecular flexibility index (Phi) is 4.67. The van der Waals surface area contributed by atoms with Crippen LogP contribution in [0.5, 0.6) is 0 Å². The Morgan fingerprint density at radius 1 is 0.958 bits per heavy atom. The van der Waals surface area contributed by atoms with Gasteiger partial charge in [0.25, 0.3) is 11.8 Å².